The molecule has 1 aliphatic rings. The third-order valence-corrected chi connectivity index (χ3v) is 4.74. The van der Waals surface area contributed by atoms with Crippen LogP contribution >= 0.6 is 0 Å². The van der Waals surface area contributed by atoms with Crippen LogP contribution in [-0.2, 0) is 11.3 Å². The van der Waals surface area contributed by atoms with E-state index in [2.05, 4.69) is 0 Å². The normalized spacial score (nSPS) is 22.9. The summed E-state index contributed by atoms with van der Waals surface area (Å²) in [5, 5.41) is 11.6. The minimum Gasteiger partial charge on any atom is -0.497 e. The standard InChI is InChI=1S/C19H20N2O4/c1-13-17(21(23)24)18(15-6-4-3-5-7-15)20(19(13)22)12-14-8-10-16(25-2)11-9-14/h3-11,13,17-18H,12H2,1-2H3/t13-,17-,18+/m0/s1. The van der Waals surface area contributed by atoms with Crippen molar-refractivity contribution in [1.82, 2.24) is 4.90 Å². The van der Waals surface area contributed by atoms with Crippen molar-refractivity contribution in [1.29, 1.82) is 0 Å². The van der Waals surface area contributed by atoms with Crippen LogP contribution in [0.2, 0.25) is 0 Å². The van der Waals surface area contributed by atoms with E-state index in [1.807, 2.05) is 54.6 Å². The fraction of sp³-hybridized carbons (Fsp3) is 0.316. The molecule has 130 valence electrons. The highest BCUT2D eigenvalue weighted by atomic mass is 16.6. The Morgan fingerprint density at radius 2 is 1.76 bits per heavy atom. The molecule has 25 heavy (non-hydrogen) atoms. The van der Waals surface area contributed by atoms with Gasteiger partial charge >= 0.3 is 0 Å². The fourth-order valence-corrected chi connectivity index (χ4v) is 3.43. The molecule has 3 atom stereocenters. The van der Waals surface area contributed by atoms with Crippen LogP contribution in [0.25, 0.3) is 0 Å². The number of hydrogen-bond acceptors (Lipinski definition) is 4. The van der Waals surface area contributed by atoms with Gasteiger partial charge in [0.05, 0.1) is 7.11 Å². The molecule has 0 N–H and O–H groups in total. The van der Waals surface area contributed by atoms with Gasteiger partial charge in [-0.2, -0.15) is 0 Å². The van der Waals surface area contributed by atoms with Crippen molar-refractivity contribution in [2.24, 2.45) is 5.92 Å². The van der Waals surface area contributed by atoms with E-state index in [0.29, 0.717) is 6.54 Å². The van der Waals surface area contributed by atoms with Gasteiger partial charge in [0.25, 0.3) is 0 Å². The van der Waals surface area contributed by atoms with Crippen molar-refractivity contribution in [2.45, 2.75) is 25.6 Å². The smallest absolute Gasteiger partial charge is 0.248 e. The maximum absolute atomic E-state index is 12.7. The van der Waals surface area contributed by atoms with Gasteiger partial charge in [-0.3, -0.25) is 14.9 Å². The minimum atomic E-state index is -0.951. The highest BCUT2D eigenvalue weighted by Gasteiger charge is 2.53. The number of carbonyl (C=O) groups is 1. The first kappa shape index (κ1) is 17.0. The lowest BCUT2D eigenvalue weighted by Gasteiger charge is -2.25. The van der Waals surface area contributed by atoms with Gasteiger partial charge in [0.15, 0.2) is 0 Å². The van der Waals surface area contributed by atoms with Gasteiger partial charge < -0.3 is 9.64 Å². The second-order valence-electron chi connectivity index (χ2n) is 6.23. The summed E-state index contributed by atoms with van der Waals surface area (Å²) < 4.78 is 5.15. The number of rotatable bonds is 5. The number of carbonyl (C=O) groups excluding carboxylic acids is 1. The fourth-order valence-electron chi connectivity index (χ4n) is 3.43. The lowest BCUT2D eigenvalue weighted by molar-refractivity contribution is -0.532. The molecule has 0 radical (unpaired) electrons. The van der Waals surface area contributed by atoms with Crippen molar-refractivity contribution in [3.63, 3.8) is 0 Å². The molecule has 1 heterocycles. The van der Waals surface area contributed by atoms with Crippen molar-refractivity contribution in [3.8, 4) is 5.75 Å². The number of nitro groups is 1. The minimum absolute atomic E-state index is 0.189. The SMILES string of the molecule is COc1ccc(CN2C(=O)[C@@H](C)[C@H]([N+](=O)[O-])[C@H]2c2ccccc2)cc1. The van der Waals surface area contributed by atoms with Gasteiger partial charge in [-0.05, 0) is 30.2 Å². The Balaban J connectivity index is 1.96. The average molecular weight is 340 g/mol. The molecular weight excluding hydrogens is 320 g/mol. The van der Waals surface area contributed by atoms with Crippen molar-refractivity contribution >= 4 is 5.91 Å². The van der Waals surface area contributed by atoms with E-state index in [0.717, 1.165) is 16.9 Å². The highest BCUT2D eigenvalue weighted by molar-refractivity contribution is 5.82. The highest BCUT2D eigenvalue weighted by Crippen LogP contribution is 2.39. The second kappa shape index (κ2) is 6.93. The van der Waals surface area contributed by atoms with Gasteiger partial charge in [0.2, 0.25) is 11.9 Å². The molecule has 1 fully saturated rings. The van der Waals surface area contributed by atoms with E-state index in [1.54, 1.807) is 18.9 Å². The summed E-state index contributed by atoms with van der Waals surface area (Å²) in [5.74, 6) is -0.113. The first-order valence-electron chi connectivity index (χ1n) is 8.14. The Bertz CT molecular complexity index is 761. The molecule has 6 nitrogen and oxygen atoms in total. The molecule has 1 saturated heterocycles. The van der Waals surface area contributed by atoms with Gasteiger partial charge in [0, 0.05) is 11.5 Å². The molecule has 0 aliphatic carbocycles. The van der Waals surface area contributed by atoms with E-state index < -0.39 is 18.0 Å². The van der Waals surface area contributed by atoms with Gasteiger partial charge in [0.1, 0.15) is 17.7 Å². The summed E-state index contributed by atoms with van der Waals surface area (Å²) in [4.78, 5) is 25.7. The Hall–Kier alpha value is -2.89. The Morgan fingerprint density at radius 1 is 1.12 bits per heavy atom. The Labute approximate surface area is 146 Å². The number of ether oxygens (including phenoxy) is 1. The van der Waals surface area contributed by atoms with E-state index in [9.17, 15) is 14.9 Å². The first-order chi connectivity index (χ1) is 12.0. The Morgan fingerprint density at radius 3 is 2.32 bits per heavy atom. The molecule has 0 aromatic heterocycles. The summed E-state index contributed by atoms with van der Waals surface area (Å²) >= 11 is 0. The molecular formula is C19H20N2O4. The van der Waals surface area contributed by atoms with Crippen LogP contribution < -0.4 is 4.74 Å². The summed E-state index contributed by atoms with van der Waals surface area (Å²) in [7, 11) is 1.59. The number of amides is 1. The molecule has 0 spiro atoms. The van der Waals surface area contributed by atoms with Crippen LogP contribution in [0.15, 0.2) is 54.6 Å². The quantitative estimate of drug-likeness (QED) is 0.619. The van der Waals surface area contributed by atoms with Crippen molar-refractivity contribution in [2.75, 3.05) is 7.11 Å². The maximum Gasteiger partial charge on any atom is 0.248 e. The molecule has 2 aromatic rings. The van der Waals surface area contributed by atoms with E-state index in [-0.39, 0.29) is 10.8 Å². The van der Waals surface area contributed by atoms with Crippen LogP contribution in [0, 0.1) is 16.0 Å². The summed E-state index contributed by atoms with van der Waals surface area (Å²) in [6.07, 6.45) is 0. The predicted molar refractivity (Wildman–Crippen MR) is 92.7 cm³/mol. The number of nitrogens with zero attached hydrogens (tertiary/aromatic N) is 2. The summed E-state index contributed by atoms with van der Waals surface area (Å²) in [6.45, 7) is 1.97. The van der Waals surface area contributed by atoms with Gasteiger partial charge in [-0.25, -0.2) is 0 Å². The molecule has 2 aromatic carbocycles. The monoisotopic (exact) mass is 340 g/mol. The van der Waals surface area contributed by atoms with Crippen LogP contribution in [0.1, 0.15) is 24.1 Å². The average Bonchev–Trinajstić information content (AvgIpc) is 2.88. The van der Waals surface area contributed by atoms with Crippen LogP contribution in [0.4, 0.5) is 0 Å². The second-order valence-corrected chi connectivity index (χ2v) is 6.23. The van der Waals surface area contributed by atoms with E-state index in [1.165, 1.54) is 0 Å². The zero-order valence-corrected chi connectivity index (χ0v) is 14.2. The van der Waals surface area contributed by atoms with Gasteiger partial charge in [-0.15, -0.1) is 0 Å². The van der Waals surface area contributed by atoms with E-state index in [4.69, 9.17) is 4.74 Å². The summed E-state index contributed by atoms with van der Waals surface area (Å²) in [5.41, 5.74) is 1.70. The van der Waals surface area contributed by atoms with Gasteiger partial charge in [-0.1, -0.05) is 42.5 Å². The number of likely N-dealkylation sites (tertiary alicyclic amines) is 1. The lowest BCUT2D eigenvalue weighted by Crippen LogP contribution is -2.32. The van der Waals surface area contributed by atoms with Crippen molar-refractivity contribution < 1.29 is 14.5 Å². The number of hydrogen-bond donors (Lipinski definition) is 0. The topological polar surface area (TPSA) is 72.7 Å². The molecule has 1 amide bonds. The van der Waals surface area contributed by atoms with Crippen LogP contribution in [0.5, 0.6) is 5.75 Å². The zero-order chi connectivity index (χ0) is 18.0. The third-order valence-electron chi connectivity index (χ3n) is 4.74. The zero-order valence-electron chi connectivity index (χ0n) is 14.2. The van der Waals surface area contributed by atoms with Crippen LogP contribution in [-0.4, -0.2) is 28.9 Å². The van der Waals surface area contributed by atoms with Crippen molar-refractivity contribution in [3.05, 3.63) is 75.8 Å². The lowest BCUT2D eigenvalue weighted by atomic mass is 9.95. The number of benzene rings is 2. The Kier molecular flexibility index (Phi) is 4.70. The largest absolute Gasteiger partial charge is 0.497 e. The molecule has 6 heteroatoms. The predicted octanol–water partition coefficient (Wildman–Crippen LogP) is 3.06. The maximum atomic E-state index is 12.7. The molecule has 0 unspecified atom stereocenters. The van der Waals surface area contributed by atoms with E-state index >= 15 is 0 Å². The van der Waals surface area contributed by atoms with Crippen LogP contribution in [0.3, 0.4) is 0 Å². The third kappa shape index (κ3) is 3.20. The first-order valence-corrected chi connectivity index (χ1v) is 8.14. The number of methoxy groups -OCH3 is 1. The summed E-state index contributed by atoms with van der Waals surface area (Å²) in [6, 6.07) is 15.1. The molecule has 3 rings (SSSR count). The molecule has 1 aliphatic heterocycles. The molecule has 0 bridgehead atoms. The molecule has 0 saturated carbocycles.